The van der Waals surface area contributed by atoms with Gasteiger partial charge in [0.05, 0.1) is 7.11 Å². The van der Waals surface area contributed by atoms with Crippen LogP contribution in [-0.4, -0.2) is 12.1 Å². The van der Waals surface area contributed by atoms with Crippen molar-refractivity contribution in [1.29, 1.82) is 0 Å². The lowest BCUT2D eigenvalue weighted by Crippen LogP contribution is -2.05. The van der Waals surface area contributed by atoms with Crippen molar-refractivity contribution >= 4 is 11.6 Å². The van der Waals surface area contributed by atoms with Crippen LogP contribution < -0.4 is 10.5 Å². The Hall–Kier alpha value is -0.800. The molecular formula is C8H11ClN2O. The maximum atomic E-state index is 5.83. The van der Waals surface area contributed by atoms with E-state index < -0.39 is 0 Å². The van der Waals surface area contributed by atoms with Gasteiger partial charge in [0.1, 0.15) is 5.02 Å². The highest BCUT2D eigenvalue weighted by atomic mass is 35.5. The van der Waals surface area contributed by atoms with Crippen LogP contribution in [0.2, 0.25) is 5.02 Å². The highest BCUT2D eigenvalue weighted by Crippen LogP contribution is 2.23. The summed E-state index contributed by atoms with van der Waals surface area (Å²) in [4.78, 5) is 3.98. The van der Waals surface area contributed by atoms with Gasteiger partial charge in [0, 0.05) is 12.2 Å². The van der Waals surface area contributed by atoms with Gasteiger partial charge in [-0.1, -0.05) is 11.6 Å². The molecule has 0 fully saturated rings. The van der Waals surface area contributed by atoms with Gasteiger partial charge in [0.25, 0.3) is 0 Å². The van der Waals surface area contributed by atoms with Crippen LogP contribution in [0.5, 0.6) is 5.88 Å². The Morgan fingerprint density at radius 2 is 2.33 bits per heavy atom. The van der Waals surface area contributed by atoms with Crippen molar-refractivity contribution < 1.29 is 4.74 Å². The Kier molecular flexibility index (Phi) is 2.89. The molecule has 0 aromatic carbocycles. The van der Waals surface area contributed by atoms with Crippen molar-refractivity contribution in [2.75, 3.05) is 7.11 Å². The molecule has 0 saturated heterocycles. The Morgan fingerprint density at radius 1 is 1.67 bits per heavy atom. The maximum absolute atomic E-state index is 5.83. The van der Waals surface area contributed by atoms with E-state index in [4.69, 9.17) is 22.1 Å². The summed E-state index contributed by atoms with van der Waals surface area (Å²) in [5.41, 5.74) is 6.54. The average Bonchev–Trinajstić information content (AvgIpc) is 2.04. The van der Waals surface area contributed by atoms with Gasteiger partial charge in [-0.05, 0) is 18.6 Å². The lowest BCUT2D eigenvalue weighted by Gasteiger charge is -2.07. The van der Waals surface area contributed by atoms with E-state index in [1.165, 1.54) is 7.11 Å². The Bertz CT molecular complexity index is 276. The molecule has 1 aromatic heterocycles. The number of ether oxygens (including phenoxy) is 1. The topological polar surface area (TPSA) is 48.1 Å². The van der Waals surface area contributed by atoms with Gasteiger partial charge in [0.2, 0.25) is 5.88 Å². The van der Waals surface area contributed by atoms with Crippen molar-refractivity contribution in [2.45, 2.75) is 13.0 Å². The van der Waals surface area contributed by atoms with Crippen molar-refractivity contribution in [3.63, 3.8) is 0 Å². The lowest BCUT2D eigenvalue weighted by molar-refractivity contribution is 0.397. The van der Waals surface area contributed by atoms with Crippen LogP contribution in [0.3, 0.4) is 0 Å². The summed E-state index contributed by atoms with van der Waals surface area (Å²) >= 11 is 5.83. The molecule has 1 rings (SSSR count). The predicted molar refractivity (Wildman–Crippen MR) is 48.4 cm³/mol. The lowest BCUT2D eigenvalue weighted by atomic mass is 10.2. The monoisotopic (exact) mass is 186 g/mol. The fraction of sp³-hybridized carbons (Fsp3) is 0.375. The SMILES string of the molecule is COc1ncc(C(C)N)cc1Cl. The summed E-state index contributed by atoms with van der Waals surface area (Å²) in [6, 6.07) is 1.71. The van der Waals surface area contributed by atoms with E-state index in [0.717, 1.165) is 5.56 Å². The van der Waals surface area contributed by atoms with E-state index in [-0.39, 0.29) is 6.04 Å². The Morgan fingerprint density at radius 3 is 2.75 bits per heavy atom. The van der Waals surface area contributed by atoms with E-state index in [9.17, 15) is 0 Å². The molecule has 66 valence electrons. The van der Waals surface area contributed by atoms with Crippen LogP contribution in [0.1, 0.15) is 18.5 Å². The Labute approximate surface area is 76.5 Å². The van der Waals surface area contributed by atoms with Gasteiger partial charge in [-0.2, -0.15) is 0 Å². The van der Waals surface area contributed by atoms with E-state index in [0.29, 0.717) is 10.9 Å². The fourth-order valence-corrected chi connectivity index (χ4v) is 1.09. The molecule has 4 heteroatoms. The maximum Gasteiger partial charge on any atom is 0.232 e. The summed E-state index contributed by atoms with van der Waals surface area (Å²) in [5, 5.41) is 0.493. The minimum absolute atomic E-state index is 0.0547. The van der Waals surface area contributed by atoms with E-state index in [2.05, 4.69) is 4.98 Å². The number of hydrogen-bond acceptors (Lipinski definition) is 3. The highest BCUT2D eigenvalue weighted by molar-refractivity contribution is 6.31. The van der Waals surface area contributed by atoms with Crippen molar-refractivity contribution in [3.8, 4) is 5.88 Å². The molecule has 0 spiro atoms. The van der Waals surface area contributed by atoms with Crippen LogP contribution in [0.25, 0.3) is 0 Å². The largest absolute Gasteiger partial charge is 0.480 e. The zero-order valence-electron chi connectivity index (χ0n) is 7.04. The molecule has 0 aliphatic rings. The molecular weight excluding hydrogens is 176 g/mol. The van der Waals surface area contributed by atoms with Crippen molar-refractivity contribution in [2.24, 2.45) is 5.73 Å². The zero-order chi connectivity index (χ0) is 9.14. The first-order valence-corrected chi connectivity index (χ1v) is 3.98. The van der Waals surface area contributed by atoms with E-state index >= 15 is 0 Å². The average molecular weight is 187 g/mol. The predicted octanol–water partition coefficient (Wildman–Crippen LogP) is 1.76. The molecule has 0 aliphatic carbocycles. The molecule has 1 atom stereocenters. The minimum atomic E-state index is -0.0547. The van der Waals surface area contributed by atoms with Crippen LogP contribution in [-0.2, 0) is 0 Å². The molecule has 1 unspecified atom stereocenters. The molecule has 0 saturated carbocycles. The standard InChI is InChI=1S/C8H11ClN2O/c1-5(10)6-3-7(9)8(12-2)11-4-6/h3-5H,10H2,1-2H3. The van der Waals surface area contributed by atoms with Crippen molar-refractivity contribution in [1.82, 2.24) is 4.98 Å². The number of rotatable bonds is 2. The number of nitrogens with two attached hydrogens (primary N) is 1. The second kappa shape index (κ2) is 3.74. The molecule has 0 bridgehead atoms. The van der Waals surface area contributed by atoms with Gasteiger partial charge in [-0.3, -0.25) is 0 Å². The molecule has 0 aliphatic heterocycles. The van der Waals surface area contributed by atoms with Gasteiger partial charge < -0.3 is 10.5 Å². The first-order chi connectivity index (χ1) is 5.65. The summed E-state index contributed by atoms with van der Waals surface area (Å²) in [6.07, 6.45) is 1.66. The zero-order valence-corrected chi connectivity index (χ0v) is 7.80. The van der Waals surface area contributed by atoms with Gasteiger partial charge in [-0.25, -0.2) is 4.98 Å². The van der Waals surface area contributed by atoms with Crippen LogP contribution in [0.15, 0.2) is 12.3 Å². The normalized spacial score (nSPS) is 12.7. The molecule has 0 amide bonds. The van der Waals surface area contributed by atoms with Crippen LogP contribution in [0.4, 0.5) is 0 Å². The molecule has 12 heavy (non-hydrogen) atoms. The number of nitrogens with zero attached hydrogens (tertiary/aromatic N) is 1. The number of halogens is 1. The molecule has 0 radical (unpaired) electrons. The van der Waals surface area contributed by atoms with Crippen LogP contribution >= 0.6 is 11.6 Å². The summed E-state index contributed by atoms with van der Waals surface area (Å²) in [5.74, 6) is 0.432. The first kappa shape index (κ1) is 9.29. The number of methoxy groups -OCH3 is 1. The third-order valence-corrected chi connectivity index (χ3v) is 1.82. The van der Waals surface area contributed by atoms with Crippen molar-refractivity contribution in [3.05, 3.63) is 22.8 Å². The summed E-state index contributed by atoms with van der Waals surface area (Å²) < 4.78 is 4.90. The smallest absolute Gasteiger partial charge is 0.232 e. The molecule has 1 heterocycles. The molecule has 1 aromatic rings. The Balaban J connectivity index is 3.02. The summed E-state index contributed by atoms with van der Waals surface area (Å²) in [6.45, 7) is 1.87. The molecule has 3 nitrogen and oxygen atoms in total. The minimum Gasteiger partial charge on any atom is -0.480 e. The second-order valence-corrected chi connectivity index (χ2v) is 2.96. The van der Waals surface area contributed by atoms with E-state index in [1.807, 2.05) is 6.92 Å². The third kappa shape index (κ3) is 1.87. The highest BCUT2D eigenvalue weighted by Gasteiger charge is 2.05. The first-order valence-electron chi connectivity index (χ1n) is 3.60. The van der Waals surface area contributed by atoms with Crippen LogP contribution in [0, 0.1) is 0 Å². The second-order valence-electron chi connectivity index (χ2n) is 2.55. The third-order valence-electron chi connectivity index (χ3n) is 1.55. The number of hydrogen-bond donors (Lipinski definition) is 1. The van der Waals surface area contributed by atoms with Gasteiger partial charge >= 0.3 is 0 Å². The van der Waals surface area contributed by atoms with Gasteiger partial charge in [0.15, 0.2) is 0 Å². The molecule has 2 N–H and O–H groups in total. The number of aromatic nitrogens is 1. The quantitative estimate of drug-likeness (QED) is 0.766. The van der Waals surface area contributed by atoms with Gasteiger partial charge in [-0.15, -0.1) is 0 Å². The van der Waals surface area contributed by atoms with E-state index in [1.54, 1.807) is 12.3 Å². The number of pyridine rings is 1. The summed E-state index contributed by atoms with van der Waals surface area (Å²) in [7, 11) is 1.53. The fourth-order valence-electron chi connectivity index (χ4n) is 0.839.